The van der Waals surface area contributed by atoms with Crippen molar-refractivity contribution in [1.29, 1.82) is 0 Å². The number of nitrogens with zero attached hydrogens (tertiary/aromatic N) is 1. The van der Waals surface area contributed by atoms with Crippen LogP contribution in [0.1, 0.15) is 70.6 Å². The molecule has 0 rings (SSSR count). The SMILES string of the molecule is C[N+](C)(C)CC(O)(CC(=O)O)C(=O)C=CCCCCCCCCCCCO. The summed E-state index contributed by atoms with van der Waals surface area (Å²) in [6.07, 6.45) is 13.4. The van der Waals surface area contributed by atoms with Gasteiger partial charge in [-0.05, 0) is 25.3 Å². The number of aliphatic hydroxyl groups excluding tert-OH is 1. The van der Waals surface area contributed by atoms with E-state index in [9.17, 15) is 14.7 Å². The highest BCUT2D eigenvalue weighted by Gasteiger charge is 2.41. The van der Waals surface area contributed by atoms with E-state index < -0.39 is 23.8 Å². The fraction of sp³-hybridized carbons (Fsp3) is 0.810. The summed E-state index contributed by atoms with van der Waals surface area (Å²) in [5.41, 5.74) is -1.86. The lowest BCUT2D eigenvalue weighted by atomic mass is 9.92. The number of carboxylic acids is 1. The zero-order chi connectivity index (χ0) is 20.8. The normalized spacial score (nSPS) is 14.4. The largest absolute Gasteiger partial charge is 0.481 e. The number of hydrogen-bond acceptors (Lipinski definition) is 4. The van der Waals surface area contributed by atoms with Gasteiger partial charge in [-0.25, -0.2) is 0 Å². The molecule has 0 heterocycles. The lowest BCUT2D eigenvalue weighted by molar-refractivity contribution is -0.875. The quantitative estimate of drug-likeness (QED) is 0.203. The molecule has 0 aromatic heterocycles. The van der Waals surface area contributed by atoms with Gasteiger partial charge >= 0.3 is 5.97 Å². The van der Waals surface area contributed by atoms with Crippen molar-refractivity contribution in [2.45, 2.75) is 76.2 Å². The molecule has 0 aromatic carbocycles. The number of unbranched alkanes of at least 4 members (excludes halogenated alkanes) is 9. The van der Waals surface area contributed by atoms with Crippen LogP contribution in [0, 0.1) is 0 Å². The van der Waals surface area contributed by atoms with Crippen LogP contribution in [0.4, 0.5) is 0 Å². The maximum atomic E-state index is 12.3. The minimum Gasteiger partial charge on any atom is -0.481 e. The van der Waals surface area contributed by atoms with Crippen molar-refractivity contribution in [3.63, 3.8) is 0 Å². The highest BCUT2D eigenvalue weighted by molar-refractivity contribution is 5.99. The molecule has 0 aliphatic carbocycles. The number of carbonyl (C=O) groups is 2. The molecular weight excluding hydrogens is 346 g/mol. The summed E-state index contributed by atoms with van der Waals surface area (Å²) in [5.74, 6) is -1.70. The van der Waals surface area contributed by atoms with Gasteiger partial charge in [0.1, 0.15) is 6.54 Å². The molecule has 0 radical (unpaired) electrons. The van der Waals surface area contributed by atoms with E-state index in [1.54, 1.807) is 6.08 Å². The van der Waals surface area contributed by atoms with Crippen molar-refractivity contribution in [1.82, 2.24) is 0 Å². The van der Waals surface area contributed by atoms with Crippen LogP contribution >= 0.6 is 0 Å². The Morgan fingerprint density at radius 2 is 1.37 bits per heavy atom. The van der Waals surface area contributed by atoms with Gasteiger partial charge in [-0.15, -0.1) is 0 Å². The van der Waals surface area contributed by atoms with Crippen LogP contribution in [0.25, 0.3) is 0 Å². The highest BCUT2D eigenvalue weighted by atomic mass is 16.4. The molecule has 0 spiro atoms. The van der Waals surface area contributed by atoms with E-state index in [1.807, 2.05) is 21.1 Å². The van der Waals surface area contributed by atoms with Crippen molar-refractivity contribution < 1.29 is 29.4 Å². The summed E-state index contributed by atoms with van der Waals surface area (Å²) in [6, 6.07) is 0. The lowest BCUT2D eigenvalue weighted by Crippen LogP contribution is -2.54. The molecule has 6 nitrogen and oxygen atoms in total. The molecule has 0 aliphatic rings. The predicted octanol–water partition coefficient (Wildman–Crippen LogP) is 2.92. The average Bonchev–Trinajstić information content (AvgIpc) is 2.53. The van der Waals surface area contributed by atoms with E-state index in [4.69, 9.17) is 10.2 Å². The van der Waals surface area contributed by atoms with Crippen LogP contribution in [0.3, 0.4) is 0 Å². The number of allylic oxidation sites excluding steroid dienone is 1. The number of ketones is 1. The second kappa shape index (κ2) is 13.9. The van der Waals surface area contributed by atoms with Crippen molar-refractivity contribution in [2.75, 3.05) is 34.3 Å². The van der Waals surface area contributed by atoms with Crippen LogP contribution in [-0.2, 0) is 9.59 Å². The first kappa shape index (κ1) is 25.8. The number of quaternary nitrogens is 1. The van der Waals surface area contributed by atoms with E-state index in [1.165, 1.54) is 38.2 Å². The van der Waals surface area contributed by atoms with E-state index in [2.05, 4.69) is 0 Å². The van der Waals surface area contributed by atoms with Crippen molar-refractivity contribution >= 4 is 11.8 Å². The minimum atomic E-state index is -1.86. The summed E-state index contributed by atoms with van der Waals surface area (Å²) in [5, 5.41) is 28.3. The fourth-order valence-electron chi connectivity index (χ4n) is 3.21. The lowest BCUT2D eigenvalue weighted by Gasteiger charge is -2.33. The summed E-state index contributed by atoms with van der Waals surface area (Å²) in [4.78, 5) is 23.4. The molecule has 0 saturated heterocycles. The Hall–Kier alpha value is -1.24. The first-order chi connectivity index (χ1) is 12.6. The first-order valence-electron chi connectivity index (χ1n) is 10.2. The molecule has 0 aliphatic heterocycles. The van der Waals surface area contributed by atoms with E-state index >= 15 is 0 Å². The Morgan fingerprint density at radius 1 is 0.889 bits per heavy atom. The molecule has 1 atom stereocenters. The third-order valence-corrected chi connectivity index (χ3v) is 4.44. The number of carboxylic acid groups (broad SMARTS) is 1. The van der Waals surface area contributed by atoms with Crippen LogP contribution < -0.4 is 0 Å². The number of aliphatic hydroxyl groups is 2. The summed E-state index contributed by atoms with van der Waals surface area (Å²) in [7, 11) is 5.45. The Morgan fingerprint density at radius 3 is 1.81 bits per heavy atom. The Kier molecular flexibility index (Phi) is 13.2. The topological polar surface area (TPSA) is 94.8 Å². The second-order valence-corrected chi connectivity index (χ2v) is 8.51. The monoisotopic (exact) mass is 386 g/mol. The van der Waals surface area contributed by atoms with E-state index in [-0.39, 0.29) is 6.54 Å². The summed E-state index contributed by atoms with van der Waals surface area (Å²) < 4.78 is 0.309. The van der Waals surface area contributed by atoms with Gasteiger partial charge in [0.2, 0.25) is 0 Å². The molecule has 3 N–H and O–H groups in total. The zero-order valence-corrected chi connectivity index (χ0v) is 17.5. The van der Waals surface area contributed by atoms with Gasteiger partial charge in [0.15, 0.2) is 11.4 Å². The third-order valence-electron chi connectivity index (χ3n) is 4.44. The summed E-state index contributed by atoms with van der Waals surface area (Å²) in [6.45, 7) is 0.347. The van der Waals surface area contributed by atoms with Crippen LogP contribution in [0.2, 0.25) is 0 Å². The van der Waals surface area contributed by atoms with Crippen molar-refractivity contribution in [2.24, 2.45) is 0 Å². The van der Waals surface area contributed by atoms with E-state index in [0.29, 0.717) is 11.1 Å². The van der Waals surface area contributed by atoms with Crippen LogP contribution in [0.15, 0.2) is 12.2 Å². The molecule has 1 unspecified atom stereocenters. The number of rotatable bonds is 17. The van der Waals surface area contributed by atoms with Crippen molar-refractivity contribution in [3.05, 3.63) is 12.2 Å². The summed E-state index contributed by atoms with van der Waals surface area (Å²) >= 11 is 0. The van der Waals surface area contributed by atoms with Gasteiger partial charge in [-0.1, -0.05) is 51.0 Å². The molecule has 0 amide bonds. The molecule has 6 heteroatoms. The first-order valence-corrected chi connectivity index (χ1v) is 10.2. The number of aliphatic carboxylic acids is 1. The zero-order valence-electron chi connectivity index (χ0n) is 17.5. The molecule has 158 valence electrons. The Balaban J connectivity index is 4.07. The van der Waals surface area contributed by atoms with E-state index in [0.717, 1.165) is 32.1 Å². The fourth-order valence-corrected chi connectivity index (χ4v) is 3.21. The van der Waals surface area contributed by atoms with Crippen molar-refractivity contribution in [3.8, 4) is 0 Å². The maximum Gasteiger partial charge on any atom is 0.307 e. The standard InChI is InChI=1S/C21H39NO5/c1-22(2,3)18-21(27,17-20(25)26)19(24)15-13-11-9-7-5-4-6-8-10-12-14-16-23/h13,15,23,27H,4-12,14,16-18H2,1-3H3/p+1. The number of hydrogen-bond donors (Lipinski definition) is 3. The molecule has 0 bridgehead atoms. The highest BCUT2D eigenvalue weighted by Crippen LogP contribution is 2.17. The number of carbonyl (C=O) groups excluding carboxylic acids is 1. The second-order valence-electron chi connectivity index (χ2n) is 8.51. The average molecular weight is 387 g/mol. The minimum absolute atomic E-state index is 0.0563. The predicted molar refractivity (Wildman–Crippen MR) is 108 cm³/mol. The smallest absolute Gasteiger partial charge is 0.307 e. The van der Waals surface area contributed by atoms with Gasteiger partial charge in [0, 0.05) is 6.61 Å². The molecule has 0 saturated carbocycles. The van der Waals surface area contributed by atoms with Crippen LogP contribution in [0.5, 0.6) is 0 Å². The maximum absolute atomic E-state index is 12.3. The molecule has 0 aromatic rings. The Bertz CT molecular complexity index is 456. The van der Waals surface area contributed by atoms with Gasteiger partial charge < -0.3 is 19.8 Å². The van der Waals surface area contributed by atoms with Crippen LogP contribution in [-0.4, -0.2) is 71.5 Å². The number of likely N-dealkylation sites (N-methyl/N-ethyl adjacent to an activating group) is 1. The third kappa shape index (κ3) is 14.5. The molecular formula is C21H40NO5+. The van der Waals surface area contributed by atoms with Gasteiger partial charge in [0.05, 0.1) is 27.6 Å². The Labute approximate surface area is 164 Å². The molecule has 27 heavy (non-hydrogen) atoms. The van der Waals surface area contributed by atoms with Gasteiger partial charge in [-0.2, -0.15) is 0 Å². The van der Waals surface area contributed by atoms with Gasteiger partial charge in [-0.3, -0.25) is 9.59 Å². The molecule has 0 fully saturated rings. The van der Waals surface area contributed by atoms with Gasteiger partial charge in [0.25, 0.3) is 0 Å².